The molecular formula is C10H4ClF3IN. The lowest BCUT2D eigenvalue weighted by Gasteiger charge is -2.09. The molecule has 1 aromatic carbocycles. The Bertz CT molecular complexity index is 553. The summed E-state index contributed by atoms with van der Waals surface area (Å²) < 4.78 is 38.2. The Morgan fingerprint density at radius 3 is 2.56 bits per heavy atom. The van der Waals surface area contributed by atoms with Crippen LogP contribution < -0.4 is 0 Å². The third kappa shape index (κ3) is 2.10. The van der Waals surface area contributed by atoms with Crippen LogP contribution in [0.4, 0.5) is 13.2 Å². The first-order valence-electron chi connectivity index (χ1n) is 4.21. The Kier molecular flexibility index (Phi) is 3.00. The highest BCUT2D eigenvalue weighted by Gasteiger charge is 2.33. The van der Waals surface area contributed by atoms with E-state index in [0.717, 1.165) is 6.07 Å². The van der Waals surface area contributed by atoms with Crippen molar-refractivity contribution >= 4 is 45.1 Å². The summed E-state index contributed by atoms with van der Waals surface area (Å²) in [6.45, 7) is 0. The van der Waals surface area contributed by atoms with Crippen molar-refractivity contribution in [3.63, 3.8) is 0 Å². The van der Waals surface area contributed by atoms with Crippen LogP contribution in [0, 0.1) is 3.57 Å². The van der Waals surface area contributed by atoms with Crippen LogP contribution in [0.1, 0.15) is 5.69 Å². The zero-order chi connectivity index (χ0) is 11.9. The fourth-order valence-electron chi connectivity index (χ4n) is 1.32. The third-order valence-corrected chi connectivity index (χ3v) is 3.21. The van der Waals surface area contributed by atoms with Gasteiger partial charge in [0.25, 0.3) is 0 Å². The van der Waals surface area contributed by atoms with Gasteiger partial charge in [0, 0.05) is 8.96 Å². The van der Waals surface area contributed by atoms with Crippen LogP contribution in [0.2, 0.25) is 5.02 Å². The summed E-state index contributed by atoms with van der Waals surface area (Å²) in [5.74, 6) is 0. The van der Waals surface area contributed by atoms with Crippen LogP contribution in [0.5, 0.6) is 0 Å². The lowest BCUT2D eigenvalue weighted by molar-refractivity contribution is -0.140. The monoisotopic (exact) mass is 357 g/mol. The van der Waals surface area contributed by atoms with Crippen molar-refractivity contribution < 1.29 is 13.2 Å². The minimum absolute atomic E-state index is 0.0656. The average Bonchev–Trinajstić information content (AvgIpc) is 2.18. The van der Waals surface area contributed by atoms with E-state index in [1.165, 1.54) is 0 Å². The predicted molar refractivity (Wildman–Crippen MR) is 64.5 cm³/mol. The third-order valence-electron chi connectivity index (χ3n) is 2.03. The number of rotatable bonds is 0. The number of pyridine rings is 1. The maximum atomic E-state index is 12.5. The Balaban J connectivity index is 2.81. The molecule has 1 heterocycles. The highest BCUT2D eigenvalue weighted by atomic mass is 127. The smallest absolute Gasteiger partial charge is 0.242 e. The minimum atomic E-state index is -4.48. The summed E-state index contributed by atoms with van der Waals surface area (Å²) in [5.41, 5.74) is -0.683. The van der Waals surface area contributed by atoms with E-state index >= 15 is 0 Å². The summed E-state index contributed by atoms with van der Waals surface area (Å²) in [5, 5.41) is 0.595. The largest absolute Gasteiger partial charge is 0.433 e. The van der Waals surface area contributed by atoms with Gasteiger partial charge in [-0.15, -0.1) is 0 Å². The lowest BCUT2D eigenvalue weighted by Crippen LogP contribution is -2.08. The zero-order valence-electron chi connectivity index (χ0n) is 7.65. The van der Waals surface area contributed by atoms with Gasteiger partial charge in [0.2, 0.25) is 0 Å². The van der Waals surface area contributed by atoms with Crippen LogP contribution >= 0.6 is 34.2 Å². The number of halogens is 5. The van der Waals surface area contributed by atoms with Crippen molar-refractivity contribution in [3.8, 4) is 0 Å². The highest BCUT2D eigenvalue weighted by molar-refractivity contribution is 14.1. The van der Waals surface area contributed by atoms with Gasteiger partial charge >= 0.3 is 6.18 Å². The number of nitrogens with zero attached hydrogens (tertiary/aromatic N) is 1. The van der Waals surface area contributed by atoms with Gasteiger partial charge in [0.15, 0.2) is 0 Å². The Hall–Kier alpha value is -0.560. The zero-order valence-corrected chi connectivity index (χ0v) is 10.6. The SMILES string of the molecule is FC(F)(F)c1cc(Cl)c2cccc(I)c2n1. The molecule has 16 heavy (non-hydrogen) atoms. The molecule has 0 aliphatic carbocycles. The average molecular weight is 358 g/mol. The molecule has 0 bridgehead atoms. The summed E-state index contributed by atoms with van der Waals surface area (Å²) in [7, 11) is 0. The molecule has 0 saturated heterocycles. The molecule has 0 unspecified atom stereocenters. The first-order chi connectivity index (χ1) is 7.39. The molecule has 1 nitrogen and oxygen atoms in total. The molecule has 0 N–H and O–H groups in total. The molecule has 1 aromatic heterocycles. The molecule has 0 spiro atoms. The number of benzene rings is 1. The van der Waals surface area contributed by atoms with E-state index in [2.05, 4.69) is 4.98 Å². The molecule has 6 heteroatoms. The molecule has 0 amide bonds. The van der Waals surface area contributed by atoms with Gasteiger partial charge in [0.05, 0.1) is 10.5 Å². The minimum Gasteiger partial charge on any atom is -0.242 e. The molecule has 84 valence electrons. The number of para-hydroxylation sites is 1. The van der Waals surface area contributed by atoms with Crippen LogP contribution in [-0.4, -0.2) is 4.98 Å². The topological polar surface area (TPSA) is 12.9 Å². The molecule has 0 aliphatic heterocycles. The van der Waals surface area contributed by atoms with E-state index in [-0.39, 0.29) is 10.5 Å². The molecule has 0 saturated carbocycles. The van der Waals surface area contributed by atoms with E-state index in [1.807, 2.05) is 22.6 Å². The van der Waals surface area contributed by atoms with Crippen LogP contribution in [0.25, 0.3) is 10.9 Å². The second-order valence-corrected chi connectivity index (χ2v) is 4.69. The lowest BCUT2D eigenvalue weighted by atomic mass is 10.2. The number of hydrogen-bond donors (Lipinski definition) is 0. The fraction of sp³-hybridized carbons (Fsp3) is 0.100. The summed E-state index contributed by atoms with van der Waals surface area (Å²) in [6.07, 6.45) is -4.48. The van der Waals surface area contributed by atoms with Crippen LogP contribution in [0.3, 0.4) is 0 Å². The molecule has 2 aromatic rings. The Labute approximate surface area is 108 Å². The summed E-state index contributed by atoms with van der Waals surface area (Å²) in [6, 6.07) is 5.91. The quantitative estimate of drug-likeness (QED) is 0.632. The van der Waals surface area contributed by atoms with E-state index in [1.54, 1.807) is 18.2 Å². The first kappa shape index (κ1) is 11.9. The van der Waals surface area contributed by atoms with Crippen molar-refractivity contribution in [2.45, 2.75) is 6.18 Å². The van der Waals surface area contributed by atoms with Gasteiger partial charge in [-0.1, -0.05) is 23.7 Å². The van der Waals surface area contributed by atoms with Crippen LogP contribution in [-0.2, 0) is 6.18 Å². The summed E-state index contributed by atoms with van der Waals surface area (Å²) >= 11 is 7.73. The molecule has 2 rings (SSSR count). The van der Waals surface area contributed by atoms with Crippen molar-refractivity contribution in [1.29, 1.82) is 0 Å². The van der Waals surface area contributed by atoms with Gasteiger partial charge in [-0.25, -0.2) is 4.98 Å². The van der Waals surface area contributed by atoms with Crippen molar-refractivity contribution in [3.05, 3.63) is 38.6 Å². The maximum absolute atomic E-state index is 12.5. The van der Waals surface area contributed by atoms with E-state index in [0.29, 0.717) is 8.96 Å². The van der Waals surface area contributed by atoms with Crippen molar-refractivity contribution in [1.82, 2.24) is 4.98 Å². The van der Waals surface area contributed by atoms with Gasteiger partial charge in [-0.3, -0.25) is 0 Å². The Morgan fingerprint density at radius 2 is 1.94 bits per heavy atom. The highest BCUT2D eigenvalue weighted by Crippen LogP contribution is 2.33. The molecule has 0 fully saturated rings. The van der Waals surface area contributed by atoms with Crippen molar-refractivity contribution in [2.24, 2.45) is 0 Å². The predicted octanol–water partition coefficient (Wildman–Crippen LogP) is 4.51. The molecular weight excluding hydrogens is 353 g/mol. The van der Waals surface area contributed by atoms with Gasteiger partial charge in [-0.2, -0.15) is 13.2 Å². The normalized spacial score (nSPS) is 12.1. The van der Waals surface area contributed by atoms with Gasteiger partial charge in [0.1, 0.15) is 5.69 Å². The summed E-state index contributed by atoms with van der Waals surface area (Å²) in [4.78, 5) is 3.59. The van der Waals surface area contributed by atoms with E-state index in [9.17, 15) is 13.2 Å². The molecule has 0 atom stereocenters. The Morgan fingerprint density at radius 1 is 1.25 bits per heavy atom. The molecule has 0 radical (unpaired) electrons. The first-order valence-corrected chi connectivity index (χ1v) is 5.67. The second-order valence-electron chi connectivity index (χ2n) is 3.12. The number of hydrogen-bond acceptors (Lipinski definition) is 1. The standard InChI is InChI=1S/C10H4ClF3IN/c11-6-4-8(10(12,13)14)16-9-5(6)2-1-3-7(9)15/h1-4H. The number of alkyl halides is 3. The van der Waals surface area contributed by atoms with E-state index < -0.39 is 11.9 Å². The number of fused-ring (bicyclic) bond motifs is 1. The second kappa shape index (κ2) is 4.03. The van der Waals surface area contributed by atoms with Crippen molar-refractivity contribution in [2.75, 3.05) is 0 Å². The number of aromatic nitrogens is 1. The molecule has 0 aliphatic rings. The maximum Gasteiger partial charge on any atom is 0.433 e. The fourth-order valence-corrected chi connectivity index (χ4v) is 2.19. The van der Waals surface area contributed by atoms with Gasteiger partial charge in [-0.05, 0) is 34.7 Å². The van der Waals surface area contributed by atoms with Gasteiger partial charge < -0.3 is 0 Å². The van der Waals surface area contributed by atoms with E-state index in [4.69, 9.17) is 11.6 Å². The van der Waals surface area contributed by atoms with Crippen LogP contribution in [0.15, 0.2) is 24.3 Å².